The predicted octanol–water partition coefficient (Wildman–Crippen LogP) is 11.1. The smallest absolute Gasteiger partial charge is 0.303 e. The van der Waals surface area contributed by atoms with E-state index in [9.17, 15) is 29.7 Å². The Kier molecular flexibility index (Phi) is 14.8. The molecule has 8 nitrogen and oxygen atoms in total. The molecule has 8 aliphatic rings. The van der Waals surface area contributed by atoms with Crippen molar-refractivity contribution in [3.05, 3.63) is 0 Å². The number of carbonyl (C=O) groups is 3. The van der Waals surface area contributed by atoms with E-state index in [0.29, 0.717) is 76.8 Å². The number of hydrogen-bond acceptors (Lipinski definition) is 6. The average molecular weight is 855 g/mol. The summed E-state index contributed by atoms with van der Waals surface area (Å²) < 4.78 is 0. The minimum atomic E-state index is -0.697. The zero-order chi connectivity index (χ0) is 43.7. The SMILES string of the molecule is C.CC[C@@H]1C2C[C@H](O)CC[C@]2(C)C2CC[C@@]3(C)C(CCC3[C@H](C)CCC(=O)O)C2[C@@H]1O.CC[C@H]1C(=O)C2C3CCC([C@H](C)CCC(=O)O)[C@@]3(C)CCC2[C@@]2(C)CC[C@@H](O)CC12. The van der Waals surface area contributed by atoms with E-state index in [-0.39, 0.29) is 72.1 Å². The number of carbonyl (C=O) groups excluding carboxylic acids is 1. The van der Waals surface area contributed by atoms with E-state index < -0.39 is 11.9 Å². The molecule has 0 aromatic carbocycles. The van der Waals surface area contributed by atoms with Gasteiger partial charge in [-0.1, -0.05) is 69.2 Å². The third-order valence-electron chi connectivity index (χ3n) is 21.7. The van der Waals surface area contributed by atoms with Crippen LogP contribution in [-0.2, 0) is 14.4 Å². The molecule has 0 aliphatic heterocycles. The number of aliphatic hydroxyl groups is 3. The second kappa shape index (κ2) is 18.4. The first kappa shape index (κ1) is 48.9. The van der Waals surface area contributed by atoms with Gasteiger partial charge in [0.25, 0.3) is 0 Å². The standard InChI is InChI=1S/C26H44O4.C26H42O4.CH4/c2*1-5-17-21-14-16(27)10-12-26(21,4)20-11-13-25(3)18(15(2)6-9-22(28)29)7-8-19(25)23(20)24(17)30;/h15-21,23-24,27,30H,5-14H2,1-4H3,(H,28,29);15-21,23,27H,5-14H2,1-4H3,(H,28,29);1H4/t15-,16-,17-,18?,19?,20?,21?,23?,24-,25-,26-;15-,16-,17-,18?,19?,20?,21?,23?,25-,26-;/m11./s1. The molecule has 0 heterocycles. The van der Waals surface area contributed by atoms with Crippen molar-refractivity contribution in [3.63, 3.8) is 0 Å². The largest absolute Gasteiger partial charge is 0.481 e. The Balaban J connectivity index is 0.000000201. The fourth-order valence-corrected chi connectivity index (χ4v) is 18.6. The highest BCUT2D eigenvalue weighted by Gasteiger charge is 2.67. The lowest BCUT2D eigenvalue weighted by atomic mass is 9.41. The summed E-state index contributed by atoms with van der Waals surface area (Å²) in [6.45, 7) is 18.7. The van der Waals surface area contributed by atoms with Crippen molar-refractivity contribution in [2.75, 3.05) is 0 Å². The van der Waals surface area contributed by atoms with Crippen molar-refractivity contribution in [1.29, 1.82) is 0 Å². The number of Topliss-reactive ketones (excluding diaryl/α,β-unsaturated/α-hetero) is 1. The zero-order valence-corrected chi connectivity index (χ0v) is 38.9. The van der Waals surface area contributed by atoms with Crippen LogP contribution < -0.4 is 0 Å². The quantitative estimate of drug-likeness (QED) is 0.146. The fourth-order valence-electron chi connectivity index (χ4n) is 18.6. The van der Waals surface area contributed by atoms with Gasteiger partial charge in [0.1, 0.15) is 5.78 Å². The Morgan fingerprint density at radius 1 is 0.590 bits per heavy atom. The van der Waals surface area contributed by atoms with Crippen molar-refractivity contribution in [3.8, 4) is 0 Å². The van der Waals surface area contributed by atoms with Gasteiger partial charge in [-0.15, -0.1) is 0 Å². The van der Waals surface area contributed by atoms with E-state index in [4.69, 9.17) is 10.2 Å². The van der Waals surface area contributed by atoms with Crippen molar-refractivity contribution in [1.82, 2.24) is 0 Å². The summed E-state index contributed by atoms with van der Waals surface area (Å²) in [5.74, 6) is 4.89. The third-order valence-corrected chi connectivity index (χ3v) is 21.7. The Morgan fingerprint density at radius 3 is 1.52 bits per heavy atom. The van der Waals surface area contributed by atoms with Gasteiger partial charge >= 0.3 is 11.9 Å². The van der Waals surface area contributed by atoms with E-state index in [1.165, 1.54) is 32.1 Å². The van der Waals surface area contributed by atoms with Crippen LogP contribution in [0.15, 0.2) is 0 Å². The summed E-state index contributed by atoms with van der Waals surface area (Å²) >= 11 is 0. The Hall–Kier alpha value is -1.51. The van der Waals surface area contributed by atoms with Crippen LogP contribution in [0, 0.1) is 105 Å². The minimum absolute atomic E-state index is 0. The van der Waals surface area contributed by atoms with E-state index in [1.807, 2.05) is 0 Å². The molecule has 8 saturated carbocycles. The molecule has 61 heavy (non-hydrogen) atoms. The average Bonchev–Trinajstić information content (AvgIpc) is 3.74. The highest BCUT2D eigenvalue weighted by Crippen LogP contribution is 2.71. The molecule has 8 fully saturated rings. The highest BCUT2D eigenvalue weighted by molar-refractivity contribution is 5.86. The van der Waals surface area contributed by atoms with Crippen LogP contribution in [0.3, 0.4) is 0 Å². The van der Waals surface area contributed by atoms with Gasteiger partial charge in [-0.2, -0.15) is 0 Å². The monoisotopic (exact) mass is 855 g/mol. The van der Waals surface area contributed by atoms with E-state index in [1.54, 1.807) is 0 Å². The number of carboxylic acid groups (broad SMARTS) is 2. The molecule has 10 unspecified atom stereocenters. The number of ketones is 1. The number of aliphatic hydroxyl groups excluding tert-OH is 3. The maximum absolute atomic E-state index is 13.9. The van der Waals surface area contributed by atoms with Gasteiger partial charge < -0.3 is 25.5 Å². The first-order valence-electron chi connectivity index (χ1n) is 25.3. The Morgan fingerprint density at radius 2 is 1.02 bits per heavy atom. The molecule has 0 aromatic heterocycles. The minimum Gasteiger partial charge on any atom is -0.481 e. The summed E-state index contributed by atoms with van der Waals surface area (Å²) in [5.41, 5.74) is 0.838. The molecule has 21 atom stereocenters. The topological polar surface area (TPSA) is 152 Å². The van der Waals surface area contributed by atoms with Gasteiger partial charge in [-0.05, 0) is 202 Å². The van der Waals surface area contributed by atoms with E-state index in [0.717, 1.165) is 83.5 Å². The molecule has 5 N–H and O–H groups in total. The number of hydrogen-bond donors (Lipinski definition) is 5. The van der Waals surface area contributed by atoms with Crippen LogP contribution in [0.1, 0.15) is 191 Å². The second-order valence-electron chi connectivity index (χ2n) is 23.9. The van der Waals surface area contributed by atoms with Gasteiger partial charge in [0.15, 0.2) is 0 Å². The van der Waals surface area contributed by atoms with Crippen molar-refractivity contribution in [2.24, 2.45) is 105 Å². The van der Waals surface area contributed by atoms with Crippen molar-refractivity contribution in [2.45, 2.75) is 210 Å². The Labute approximate surface area is 370 Å². The number of fused-ring (bicyclic) bond motifs is 10. The molecule has 0 spiro atoms. The highest BCUT2D eigenvalue weighted by atomic mass is 16.4. The lowest BCUT2D eigenvalue weighted by Gasteiger charge is -2.64. The van der Waals surface area contributed by atoms with E-state index in [2.05, 4.69) is 55.4 Å². The lowest BCUT2D eigenvalue weighted by Crippen LogP contribution is -2.62. The molecule has 0 amide bonds. The van der Waals surface area contributed by atoms with Crippen LogP contribution in [0.4, 0.5) is 0 Å². The maximum atomic E-state index is 13.9. The molecular formula is C53H90O8. The first-order valence-corrected chi connectivity index (χ1v) is 25.3. The van der Waals surface area contributed by atoms with Crippen molar-refractivity contribution < 1.29 is 39.9 Å². The van der Waals surface area contributed by atoms with Crippen LogP contribution in [-0.4, -0.2) is 61.6 Å². The molecule has 8 rings (SSSR count). The summed E-state index contributed by atoms with van der Waals surface area (Å²) in [4.78, 5) is 36.1. The normalized spacial score (nSPS) is 49.5. The maximum Gasteiger partial charge on any atom is 0.303 e. The summed E-state index contributed by atoms with van der Waals surface area (Å²) in [5, 5.41) is 50.8. The molecule has 0 saturated heterocycles. The Bertz CT molecular complexity index is 1560. The van der Waals surface area contributed by atoms with Gasteiger partial charge in [0.05, 0.1) is 18.3 Å². The molecule has 0 radical (unpaired) electrons. The summed E-state index contributed by atoms with van der Waals surface area (Å²) in [7, 11) is 0. The van der Waals surface area contributed by atoms with Crippen molar-refractivity contribution >= 4 is 17.7 Å². The van der Waals surface area contributed by atoms with Crippen LogP contribution in [0.25, 0.3) is 0 Å². The first-order chi connectivity index (χ1) is 28.3. The number of rotatable bonds is 10. The molecule has 0 bridgehead atoms. The van der Waals surface area contributed by atoms with Gasteiger partial charge in [-0.25, -0.2) is 0 Å². The van der Waals surface area contributed by atoms with Crippen LogP contribution >= 0.6 is 0 Å². The summed E-state index contributed by atoms with van der Waals surface area (Å²) in [6, 6.07) is 0. The fraction of sp³-hybridized carbons (Fsp3) is 0.943. The molecule has 8 heteroatoms. The lowest BCUT2D eigenvalue weighted by molar-refractivity contribution is -0.203. The second-order valence-corrected chi connectivity index (χ2v) is 23.9. The van der Waals surface area contributed by atoms with Crippen LogP contribution in [0.2, 0.25) is 0 Å². The van der Waals surface area contributed by atoms with E-state index >= 15 is 0 Å². The summed E-state index contributed by atoms with van der Waals surface area (Å²) in [6.07, 6.45) is 18.3. The number of carboxylic acids is 2. The molecule has 350 valence electrons. The molecular weight excluding hydrogens is 765 g/mol. The van der Waals surface area contributed by atoms with Gasteiger partial charge in [0.2, 0.25) is 0 Å². The predicted molar refractivity (Wildman–Crippen MR) is 241 cm³/mol. The van der Waals surface area contributed by atoms with Crippen LogP contribution in [0.5, 0.6) is 0 Å². The number of aliphatic carboxylic acids is 2. The van der Waals surface area contributed by atoms with Gasteiger partial charge in [-0.3, -0.25) is 14.4 Å². The molecule has 8 aliphatic carbocycles. The van der Waals surface area contributed by atoms with Gasteiger partial charge in [0, 0.05) is 24.7 Å². The molecule has 0 aromatic rings. The zero-order valence-electron chi connectivity index (χ0n) is 38.9. The third kappa shape index (κ3) is 8.24.